The number of amides is 1. The fourth-order valence-electron chi connectivity index (χ4n) is 2.18. The fraction of sp³-hybridized carbons (Fsp3) is 0.235. The van der Waals surface area contributed by atoms with Gasteiger partial charge in [0, 0.05) is 5.56 Å². The van der Waals surface area contributed by atoms with E-state index in [-0.39, 0.29) is 12.3 Å². The Morgan fingerprint density at radius 2 is 1.91 bits per heavy atom. The van der Waals surface area contributed by atoms with Crippen LogP contribution >= 0.6 is 0 Å². The summed E-state index contributed by atoms with van der Waals surface area (Å²) in [5, 5.41) is 2.76. The van der Waals surface area contributed by atoms with Crippen molar-refractivity contribution >= 4 is 5.91 Å². The maximum absolute atomic E-state index is 13.2. The van der Waals surface area contributed by atoms with Gasteiger partial charge in [0.05, 0.1) is 19.6 Å². The molecule has 3 nitrogen and oxygen atoms in total. The minimum atomic E-state index is -0.927. The first-order valence-electron chi connectivity index (χ1n) is 6.87. The lowest BCUT2D eigenvalue weighted by molar-refractivity contribution is -0.121. The van der Waals surface area contributed by atoms with Gasteiger partial charge in [0.25, 0.3) is 0 Å². The topological polar surface area (TPSA) is 38.3 Å². The van der Waals surface area contributed by atoms with E-state index in [1.165, 1.54) is 6.07 Å². The van der Waals surface area contributed by atoms with Gasteiger partial charge < -0.3 is 10.1 Å². The fourth-order valence-corrected chi connectivity index (χ4v) is 2.18. The maximum atomic E-state index is 13.2. The highest BCUT2D eigenvalue weighted by molar-refractivity contribution is 5.79. The van der Waals surface area contributed by atoms with Gasteiger partial charge in [-0.2, -0.15) is 0 Å². The van der Waals surface area contributed by atoms with Gasteiger partial charge in [-0.25, -0.2) is 8.78 Å². The van der Waals surface area contributed by atoms with E-state index in [0.29, 0.717) is 11.3 Å². The van der Waals surface area contributed by atoms with Gasteiger partial charge in [-0.15, -0.1) is 0 Å². The smallest absolute Gasteiger partial charge is 0.225 e. The van der Waals surface area contributed by atoms with Crippen LogP contribution in [0.2, 0.25) is 0 Å². The van der Waals surface area contributed by atoms with Crippen LogP contribution in [0.4, 0.5) is 8.78 Å². The molecule has 1 amide bonds. The van der Waals surface area contributed by atoms with E-state index in [2.05, 4.69) is 5.32 Å². The molecule has 2 rings (SSSR count). The Morgan fingerprint density at radius 1 is 1.18 bits per heavy atom. The second-order valence-corrected chi connectivity index (χ2v) is 4.95. The number of methoxy groups -OCH3 is 1. The van der Waals surface area contributed by atoms with Gasteiger partial charge >= 0.3 is 0 Å². The highest BCUT2D eigenvalue weighted by atomic mass is 19.2. The van der Waals surface area contributed by atoms with E-state index in [4.69, 9.17) is 4.74 Å². The van der Waals surface area contributed by atoms with E-state index < -0.39 is 17.7 Å². The second kappa shape index (κ2) is 7.02. The summed E-state index contributed by atoms with van der Waals surface area (Å²) < 4.78 is 31.3. The number of carbonyl (C=O) groups is 1. The molecule has 5 heteroatoms. The monoisotopic (exact) mass is 305 g/mol. The third-order valence-electron chi connectivity index (χ3n) is 3.36. The van der Waals surface area contributed by atoms with Crippen molar-refractivity contribution in [1.82, 2.24) is 5.32 Å². The van der Waals surface area contributed by atoms with Crippen LogP contribution in [-0.4, -0.2) is 13.0 Å². The molecule has 0 radical (unpaired) electrons. The van der Waals surface area contributed by atoms with Crippen LogP contribution in [0.15, 0.2) is 42.5 Å². The molecular formula is C17H17F2NO2. The summed E-state index contributed by atoms with van der Waals surface area (Å²) in [5.74, 6) is -1.42. The summed E-state index contributed by atoms with van der Waals surface area (Å²) in [6, 6.07) is 10.4. The highest BCUT2D eigenvalue weighted by Gasteiger charge is 2.14. The average Bonchev–Trinajstić information content (AvgIpc) is 2.50. The van der Waals surface area contributed by atoms with Crippen molar-refractivity contribution in [3.63, 3.8) is 0 Å². The highest BCUT2D eigenvalue weighted by Crippen LogP contribution is 2.19. The van der Waals surface area contributed by atoms with Crippen LogP contribution in [0, 0.1) is 11.6 Å². The van der Waals surface area contributed by atoms with Gasteiger partial charge in [0.2, 0.25) is 5.91 Å². The first-order valence-corrected chi connectivity index (χ1v) is 6.87. The van der Waals surface area contributed by atoms with Crippen molar-refractivity contribution in [3.05, 3.63) is 65.2 Å². The third-order valence-corrected chi connectivity index (χ3v) is 3.36. The van der Waals surface area contributed by atoms with Crippen LogP contribution in [-0.2, 0) is 11.2 Å². The SMILES string of the molecule is COc1ccccc1CC(=O)N[C@H](C)c1ccc(F)c(F)c1. The van der Waals surface area contributed by atoms with Crippen LogP contribution in [0.5, 0.6) is 5.75 Å². The van der Waals surface area contributed by atoms with Crippen molar-refractivity contribution in [2.45, 2.75) is 19.4 Å². The van der Waals surface area contributed by atoms with E-state index in [1.807, 2.05) is 12.1 Å². The normalized spacial score (nSPS) is 11.8. The molecule has 0 heterocycles. The molecule has 0 bridgehead atoms. The number of halogens is 2. The molecule has 0 aliphatic heterocycles. The molecular weight excluding hydrogens is 288 g/mol. The number of nitrogens with one attached hydrogen (secondary N) is 1. The summed E-state index contributed by atoms with van der Waals surface area (Å²) >= 11 is 0. The predicted octanol–water partition coefficient (Wildman–Crippen LogP) is 3.39. The summed E-state index contributed by atoms with van der Waals surface area (Å²) in [4.78, 5) is 12.1. The molecule has 0 aliphatic carbocycles. The van der Waals surface area contributed by atoms with Crippen LogP contribution in [0.1, 0.15) is 24.1 Å². The van der Waals surface area contributed by atoms with Gasteiger partial charge in [0.1, 0.15) is 5.75 Å². The lowest BCUT2D eigenvalue weighted by atomic mass is 10.1. The maximum Gasteiger partial charge on any atom is 0.225 e. The number of ether oxygens (including phenoxy) is 1. The Labute approximate surface area is 127 Å². The standard InChI is InChI=1S/C17H17F2NO2/c1-11(12-7-8-14(18)15(19)9-12)20-17(21)10-13-5-3-4-6-16(13)22-2/h3-9,11H,10H2,1-2H3,(H,20,21)/t11-/m1/s1. The van der Waals surface area contributed by atoms with Crippen molar-refractivity contribution in [3.8, 4) is 5.75 Å². The molecule has 0 spiro atoms. The van der Waals surface area contributed by atoms with Crippen LogP contribution < -0.4 is 10.1 Å². The van der Waals surface area contributed by atoms with Gasteiger partial charge in [-0.3, -0.25) is 4.79 Å². The second-order valence-electron chi connectivity index (χ2n) is 4.95. The Balaban J connectivity index is 2.03. The number of rotatable bonds is 5. The molecule has 0 aromatic heterocycles. The van der Waals surface area contributed by atoms with E-state index in [0.717, 1.165) is 17.7 Å². The van der Waals surface area contributed by atoms with Crippen LogP contribution in [0.25, 0.3) is 0 Å². The van der Waals surface area contributed by atoms with Gasteiger partial charge in [0.15, 0.2) is 11.6 Å². The minimum absolute atomic E-state index is 0.151. The van der Waals surface area contributed by atoms with Crippen molar-refractivity contribution in [2.24, 2.45) is 0 Å². The summed E-state index contributed by atoms with van der Waals surface area (Å²) in [5.41, 5.74) is 1.27. The zero-order valence-corrected chi connectivity index (χ0v) is 12.4. The molecule has 1 N–H and O–H groups in total. The molecule has 22 heavy (non-hydrogen) atoms. The van der Waals surface area contributed by atoms with Crippen LogP contribution in [0.3, 0.4) is 0 Å². The summed E-state index contributed by atoms with van der Waals surface area (Å²) in [6.07, 6.45) is 0.151. The lowest BCUT2D eigenvalue weighted by Gasteiger charge is -2.15. The number of hydrogen-bond acceptors (Lipinski definition) is 2. The first-order chi connectivity index (χ1) is 10.5. The zero-order valence-electron chi connectivity index (χ0n) is 12.4. The van der Waals surface area contributed by atoms with Crippen molar-refractivity contribution in [2.75, 3.05) is 7.11 Å². The lowest BCUT2D eigenvalue weighted by Crippen LogP contribution is -2.28. The number of benzene rings is 2. The largest absolute Gasteiger partial charge is 0.496 e. The summed E-state index contributed by atoms with van der Waals surface area (Å²) in [6.45, 7) is 1.72. The quantitative estimate of drug-likeness (QED) is 0.919. The molecule has 116 valence electrons. The molecule has 0 aliphatic rings. The van der Waals surface area contributed by atoms with Crippen molar-refractivity contribution < 1.29 is 18.3 Å². The molecule has 0 unspecified atom stereocenters. The Kier molecular flexibility index (Phi) is 5.09. The molecule has 0 saturated carbocycles. The third kappa shape index (κ3) is 3.81. The summed E-state index contributed by atoms with van der Waals surface area (Å²) in [7, 11) is 1.54. The number of para-hydroxylation sites is 1. The molecule has 0 fully saturated rings. The number of hydrogen-bond donors (Lipinski definition) is 1. The molecule has 2 aromatic rings. The number of carbonyl (C=O) groups excluding carboxylic acids is 1. The zero-order chi connectivity index (χ0) is 16.1. The first kappa shape index (κ1) is 15.9. The van der Waals surface area contributed by atoms with Crippen molar-refractivity contribution in [1.29, 1.82) is 0 Å². The van der Waals surface area contributed by atoms with Gasteiger partial charge in [-0.1, -0.05) is 24.3 Å². The van der Waals surface area contributed by atoms with E-state index in [9.17, 15) is 13.6 Å². The minimum Gasteiger partial charge on any atom is -0.496 e. The Bertz CT molecular complexity index is 673. The average molecular weight is 305 g/mol. The molecule has 0 saturated heterocycles. The predicted molar refractivity (Wildman–Crippen MR) is 79.6 cm³/mol. The Morgan fingerprint density at radius 3 is 2.59 bits per heavy atom. The molecule has 2 aromatic carbocycles. The molecule has 1 atom stereocenters. The van der Waals surface area contributed by atoms with E-state index in [1.54, 1.807) is 26.2 Å². The van der Waals surface area contributed by atoms with Gasteiger partial charge in [-0.05, 0) is 30.7 Å². The Hall–Kier alpha value is -2.43. The van der Waals surface area contributed by atoms with E-state index >= 15 is 0 Å².